The third-order valence-electron chi connectivity index (χ3n) is 3.65. The van der Waals surface area contributed by atoms with E-state index in [2.05, 4.69) is 10.3 Å². The number of hydrogen-bond donors (Lipinski definition) is 4. The quantitative estimate of drug-likeness (QED) is 0.499. The fourth-order valence-electron chi connectivity index (χ4n) is 2.37. The van der Waals surface area contributed by atoms with Crippen molar-refractivity contribution in [2.75, 3.05) is 44.7 Å². The Labute approximate surface area is 146 Å². The summed E-state index contributed by atoms with van der Waals surface area (Å²) >= 11 is 0. The summed E-state index contributed by atoms with van der Waals surface area (Å²) in [6.07, 6.45) is 3.99. The summed E-state index contributed by atoms with van der Waals surface area (Å²) < 4.78 is 0. The molecule has 0 radical (unpaired) electrons. The van der Waals surface area contributed by atoms with E-state index >= 15 is 0 Å². The molecule has 0 spiro atoms. The number of aliphatic imine (C=N–C) groups is 1. The molecular formula is C18H23N3O4. The largest absolute Gasteiger partial charge is 0.506 e. The van der Waals surface area contributed by atoms with Gasteiger partial charge in [0.1, 0.15) is 11.5 Å². The highest BCUT2D eigenvalue weighted by atomic mass is 16.3. The van der Waals surface area contributed by atoms with Gasteiger partial charge in [-0.15, -0.1) is 0 Å². The number of aliphatic hydroxyl groups is 3. The number of rotatable bonds is 9. The first-order chi connectivity index (χ1) is 12.1. The lowest BCUT2D eigenvalue weighted by atomic mass is 10.1. The number of carbonyl (C=O) groups is 1. The molecule has 7 heteroatoms. The molecule has 0 heterocycles. The van der Waals surface area contributed by atoms with Crippen LogP contribution < -0.4 is 5.32 Å². The maximum Gasteiger partial charge on any atom is 0.182 e. The van der Waals surface area contributed by atoms with Crippen LogP contribution >= 0.6 is 0 Å². The zero-order valence-corrected chi connectivity index (χ0v) is 13.9. The second kappa shape index (κ2) is 9.73. The predicted octanol–water partition coefficient (Wildman–Crippen LogP) is 1.04. The smallest absolute Gasteiger partial charge is 0.182 e. The molecule has 4 N–H and O–H groups in total. The average Bonchev–Trinajstić information content (AvgIpc) is 2.59. The van der Waals surface area contributed by atoms with Gasteiger partial charge < -0.3 is 20.6 Å². The molecule has 0 fully saturated rings. The topological polar surface area (TPSA) is 105 Å². The highest BCUT2D eigenvalue weighted by Crippen LogP contribution is 2.18. The Hall–Kier alpha value is -2.48. The summed E-state index contributed by atoms with van der Waals surface area (Å²) in [5.41, 5.74) is 1.94. The van der Waals surface area contributed by atoms with Gasteiger partial charge in [0.05, 0.1) is 18.9 Å². The van der Waals surface area contributed by atoms with Crippen LogP contribution in [0.25, 0.3) is 0 Å². The third kappa shape index (κ3) is 6.15. The van der Waals surface area contributed by atoms with Crippen LogP contribution in [0.5, 0.6) is 0 Å². The van der Waals surface area contributed by atoms with E-state index in [4.69, 9.17) is 10.2 Å². The van der Waals surface area contributed by atoms with Gasteiger partial charge in [0.15, 0.2) is 5.78 Å². The first-order valence-electron chi connectivity index (χ1n) is 8.12. The molecular weight excluding hydrogens is 322 g/mol. The van der Waals surface area contributed by atoms with Crippen LogP contribution in [-0.4, -0.2) is 71.1 Å². The molecule has 1 aliphatic rings. The highest BCUT2D eigenvalue weighted by molar-refractivity contribution is 6.19. The number of benzene rings is 1. The minimum absolute atomic E-state index is 0.0658. The van der Waals surface area contributed by atoms with Crippen LogP contribution in [-0.2, 0) is 4.79 Å². The molecule has 134 valence electrons. The minimum Gasteiger partial charge on any atom is -0.506 e. The molecule has 0 saturated carbocycles. The lowest BCUT2D eigenvalue weighted by molar-refractivity contribution is -0.110. The predicted molar refractivity (Wildman–Crippen MR) is 97.5 cm³/mol. The van der Waals surface area contributed by atoms with Crippen molar-refractivity contribution >= 4 is 22.9 Å². The van der Waals surface area contributed by atoms with E-state index in [0.29, 0.717) is 37.6 Å². The lowest BCUT2D eigenvalue weighted by Crippen LogP contribution is -2.34. The third-order valence-corrected chi connectivity index (χ3v) is 3.65. The van der Waals surface area contributed by atoms with Crippen LogP contribution in [0, 0.1) is 0 Å². The van der Waals surface area contributed by atoms with Crippen molar-refractivity contribution in [2.45, 2.75) is 0 Å². The molecule has 2 rings (SSSR count). The van der Waals surface area contributed by atoms with Gasteiger partial charge in [-0.3, -0.25) is 9.69 Å². The van der Waals surface area contributed by atoms with Crippen molar-refractivity contribution in [3.8, 4) is 0 Å². The van der Waals surface area contributed by atoms with Gasteiger partial charge in [-0.2, -0.15) is 0 Å². The second-order valence-electron chi connectivity index (χ2n) is 5.52. The van der Waals surface area contributed by atoms with Gasteiger partial charge >= 0.3 is 0 Å². The Kier molecular flexibility index (Phi) is 7.34. The van der Waals surface area contributed by atoms with Gasteiger partial charge in [-0.1, -0.05) is 0 Å². The molecule has 0 aliphatic heterocycles. The summed E-state index contributed by atoms with van der Waals surface area (Å²) in [7, 11) is 0. The molecule has 1 aromatic carbocycles. The van der Waals surface area contributed by atoms with Crippen LogP contribution in [0.1, 0.15) is 0 Å². The van der Waals surface area contributed by atoms with E-state index in [-0.39, 0.29) is 24.8 Å². The van der Waals surface area contributed by atoms with Crippen LogP contribution in [0.4, 0.5) is 11.4 Å². The Morgan fingerprint density at radius 2 is 1.68 bits per heavy atom. The molecule has 0 amide bonds. The normalized spacial score (nSPS) is 15.7. The number of aliphatic hydroxyl groups excluding tert-OH is 3. The van der Waals surface area contributed by atoms with E-state index in [9.17, 15) is 9.90 Å². The fourth-order valence-corrected chi connectivity index (χ4v) is 2.37. The number of anilines is 1. The number of nitrogens with one attached hydrogen (secondary N) is 1. The molecule has 0 bridgehead atoms. The van der Waals surface area contributed by atoms with Crippen LogP contribution in [0.15, 0.2) is 53.2 Å². The molecule has 7 nitrogen and oxygen atoms in total. The number of ketones is 1. The summed E-state index contributed by atoms with van der Waals surface area (Å²) in [5, 5.41) is 30.9. The van der Waals surface area contributed by atoms with Gasteiger partial charge in [0.2, 0.25) is 0 Å². The number of carbonyl (C=O) groups excluding carboxylic acids is 1. The standard InChI is InChI=1S/C18H23N3O4/c22-11-9-21(10-12-23)8-7-19-14-1-3-15(4-2-14)20-17-6-5-16(24)13-18(17)25/h1-6,13,19,22-23,25H,7-12H2. The van der Waals surface area contributed by atoms with E-state index in [1.807, 2.05) is 29.2 Å². The summed E-state index contributed by atoms with van der Waals surface area (Å²) in [6, 6.07) is 7.37. The number of hydrogen-bond acceptors (Lipinski definition) is 7. The van der Waals surface area contributed by atoms with Crippen molar-refractivity contribution < 1.29 is 20.1 Å². The van der Waals surface area contributed by atoms with E-state index in [1.165, 1.54) is 12.2 Å². The fraction of sp³-hybridized carbons (Fsp3) is 0.333. The Balaban J connectivity index is 1.89. The number of allylic oxidation sites excluding steroid dienone is 3. The van der Waals surface area contributed by atoms with Crippen LogP contribution in [0.3, 0.4) is 0 Å². The Bertz CT molecular complexity index is 659. The average molecular weight is 345 g/mol. The maximum atomic E-state index is 11.1. The van der Waals surface area contributed by atoms with Gasteiger partial charge in [0, 0.05) is 37.9 Å². The van der Waals surface area contributed by atoms with E-state index in [1.54, 1.807) is 0 Å². The Morgan fingerprint density at radius 1 is 1.00 bits per heavy atom. The van der Waals surface area contributed by atoms with E-state index in [0.717, 1.165) is 11.8 Å². The molecule has 0 saturated heterocycles. The zero-order chi connectivity index (χ0) is 18.1. The lowest BCUT2D eigenvalue weighted by Gasteiger charge is -2.20. The molecule has 0 atom stereocenters. The SMILES string of the molecule is O=C1C=CC(=Nc2ccc(NCCN(CCO)CCO)cc2)C(O)=C1. The van der Waals surface area contributed by atoms with E-state index < -0.39 is 0 Å². The molecule has 25 heavy (non-hydrogen) atoms. The van der Waals surface area contributed by atoms with Crippen molar-refractivity contribution in [1.82, 2.24) is 4.90 Å². The van der Waals surface area contributed by atoms with Gasteiger partial charge in [-0.05, 0) is 36.4 Å². The second-order valence-corrected chi connectivity index (χ2v) is 5.52. The summed E-state index contributed by atoms with van der Waals surface area (Å²) in [6.45, 7) is 2.59. The number of nitrogens with zero attached hydrogens (tertiary/aromatic N) is 2. The maximum absolute atomic E-state index is 11.1. The molecule has 0 aromatic heterocycles. The van der Waals surface area contributed by atoms with Gasteiger partial charge in [0.25, 0.3) is 0 Å². The first kappa shape index (κ1) is 18.9. The molecule has 1 aliphatic carbocycles. The van der Waals surface area contributed by atoms with Crippen molar-refractivity contribution in [3.05, 3.63) is 48.3 Å². The monoisotopic (exact) mass is 345 g/mol. The zero-order valence-electron chi connectivity index (χ0n) is 13.9. The first-order valence-corrected chi connectivity index (χ1v) is 8.12. The Morgan fingerprint density at radius 3 is 2.28 bits per heavy atom. The minimum atomic E-state index is -0.257. The van der Waals surface area contributed by atoms with Crippen molar-refractivity contribution in [1.29, 1.82) is 0 Å². The summed E-state index contributed by atoms with van der Waals surface area (Å²) in [5.74, 6) is -0.394. The summed E-state index contributed by atoms with van der Waals surface area (Å²) in [4.78, 5) is 17.4. The van der Waals surface area contributed by atoms with Crippen LogP contribution in [0.2, 0.25) is 0 Å². The van der Waals surface area contributed by atoms with Gasteiger partial charge in [-0.25, -0.2) is 4.99 Å². The highest BCUT2D eigenvalue weighted by Gasteiger charge is 2.09. The molecule has 1 aromatic rings. The van der Waals surface area contributed by atoms with Crippen molar-refractivity contribution in [3.63, 3.8) is 0 Å². The van der Waals surface area contributed by atoms with Crippen molar-refractivity contribution in [2.24, 2.45) is 4.99 Å². The molecule has 0 unspecified atom stereocenters.